The molecular weight excluding hydrogens is 404 g/mol. The van der Waals surface area contributed by atoms with E-state index in [1.54, 1.807) is 6.07 Å². The summed E-state index contributed by atoms with van der Waals surface area (Å²) in [6.45, 7) is 2.00. The molecule has 0 aliphatic heterocycles. The van der Waals surface area contributed by atoms with E-state index in [9.17, 15) is 17.2 Å². The van der Waals surface area contributed by atoms with Crippen LogP contribution in [0.25, 0.3) is 0 Å². The molecule has 0 bridgehead atoms. The maximum atomic E-state index is 13.8. The second-order valence-electron chi connectivity index (χ2n) is 6.36. The van der Waals surface area contributed by atoms with Crippen molar-refractivity contribution >= 4 is 10.0 Å². The number of rotatable bonds is 8. The summed E-state index contributed by atoms with van der Waals surface area (Å²) in [5, 5.41) is 3.79. The van der Waals surface area contributed by atoms with Crippen LogP contribution in [0.15, 0.2) is 51.9 Å². The predicted octanol–water partition coefficient (Wildman–Crippen LogP) is 3.10. The molecule has 0 saturated heterocycles. The van der Waals surface area contributed by atoms with Crippen LogP contribution in [0.2, 0.25) is 0 Å². The van der Waals surface area contributed by atoms with Gasteiger partial charge in [0.15, 0.2) is 12.4 Å². The lowest BCUT2D eigenvalue weighted by Crippen LogP contribution is -2.30. The van der Waals surface area contributed by atoms with Crippen LogP contribution in [0.1, 0.15) is 17.3 Å². The van der Waals surface area contributed by atoms with Gasteiger partial charge in [0.1, 0.15) is 22.3 Å². The minimum atomic E-state index is -4.12. The van der Waals surface area contributed by atoms with Crippen LogP contribution >= 0.6 is 0 Å². The molecule has 0 atom stereocenters. The van der Waals surface area contributed by atoms with Crippen LogP contribution in [0, 0.1) is 18.6 Å². The van der Waals surface area contributed by atoms with Gasteiger partial charge in [0.05, 0.1) is 0 Å². The Labute approximate surface area is 167 Å². The van der Waals surface area contributed by atoms with Crippen molar-refractivity contribution in [2.45, 2.75) is 24.8 Å². The molecule has 0 unspecified atom stereocenters. The molecule has 0 saturated carbocycles. The Morgan fingerprint density at radius 1 is 1.17 bits per heavy atom. The summed E-state index contributed by atoms with van der Waals surface area (Å²) in [5.74, 6) is -0.800. The van der Waals surface area contributed by atoms with Gasteiger partial charge in [-0.3, -0.25) is 0 Å². The van der Waals surface area contributed by atoms with Crippen LogP contribution < -0.4 is 4.74 Å². The summed E-state index contributed by atoms with van der Waals surface area (Å²) in [5.41, 5.74) is 1.05. The minimum absolute atomic E-state index is 0.0170. The molecule has 3 rings (SSSR count). The number of aryl methyl sites for hydroxylation is 1. The first kappa shape index (κ1) is 20.9. The maximum Gasteiger partial charge on any atom is 0.264 e. The van der Waals surface area contributed by atoms with Gasteiger partial charge in [-0.15, -0.1) is 0 Å². The molecule has 7 nitrogen and oxygen atoms in total. The van der Waals surface area contributed by atoms with Gasteiger partial charge in [-0.2, -0.15) is 4.98 Å². The Morgan fingerprint density at radius 3 is 2.69 bits per heavy atom. The zero-order valence-electron chi connectivity index (χ0n) is 15.8. The zero-order valence-corrected chi connectivity index (χ0v) is 16.6. The van der Waals surface area contributed by atoms with Crippen molar-refractivity contribution in [1.29, 1.82) is 0 Å². The van der Waals surface area contributed by atoms with Crippen molar-refractivity contribution in [3.8, 4) is 5.75 Å². The number of hydrogen-bond acceptors (Lipinski definition) is 6. The molecule has 29 heavy (non-hydrogen) atoms. The number of hydrogen-bond donors (Lipinski definition) is 0. The number of sulfonamides is 1. The first-order valence-electron chi connectivity index (χ1n) is 8.68. The first-order valence-corrected chi connectivity index (χ1v) is 10.1. The average Bonchev–Trinajstić information content (AvgIpc) is 3.12. The summed E-state index contributed by atoms with van der Waals surface area (Å²) in [7, 11) is -2.83. The molecule has 3 aromatic rings. The van der Waals surface area contributed by atoms with E-state index in [-0.39, 0.29) is 31.3 Å². The number of aromatic nitrogens is 2. The SMILES string of the molecule is Cc1cccc(OCc2nc(CCN(C)S(=O)(=O)c3ccc(F)cc3F)no2)c1. The molecule has 0 amide bonds. The molecule has 10 heteroatoms. The Morgan fingerprint density at radius 2 is 1.97 bits per heavy atom. The van der Waals surface area contributed by atoms with Crippen molar-refractivity contribution in [2.75, 3.05) is 13.6 Å². The molecular formula is C19H19F2N3O4S. The zero-order chi connectivity index (χ0) is 21.0. The number of nitrogens with zero attached hydrogens (tertiary/aromatic N) is 3. The van der Waals surface area contributed by atoms with E-state index in [0.717, 1.165) is 22.0 Å². The smallest absolute Gasteiger partial charge is 0.264 e. The van der Waals surface area contributed by atoms with Gasteiger partial charge in [0.2, 0.25) is 10.0 Å². The molecule has 0 spiro atoms. The molecule has 1 aromatic heterocycles. The fourth-order valence-electron chi connectivity index (χ4n) is 2.53. The molecule has 0 aliphatic carbocycles. The van der Waals surface area contributed by atoms with Crippen molar-refractivity contribution in [2.24, 2.45) is 0 Å². The largest absolute Gasteiger partial charge is 0.484 e. The van der Waals surface area contributed by atoms with E-state index < -0.39 is 26.6 Å². The van der Waals surface area contributed by atoms with Crippen molar-refractivity contribution in [3.63, 3.8) is 0 Å². The van der Waals surface area contributed by atoms with Gasteiger partial charge >= 0.3 is 0 Å². The molecule has 154 valence electrons. The van der Waals surface area contributed by atoms with Gasteiger partial charge in [-0.25, -0.2) is 21.5 Å². The van der Waals surface area contributed by atoms with Crippen molar-refractivity contribution in [3.05, 3.63) is 71.4 Å². The predicted molar refractivity (Wildman–Crippen MR) is 99.7 cm³/mol. The molecule has 0 aliphatic rings. The minimum Gasteiger partial charge on any atom is -0.484 e. The number of benzene rings is 2. The van der Waals surface area contributed by atoms with E-state index in [0.29, 0.717) is 11.8 Å². The molecule has 2 aromatic carbocycles. The number of halogens is 2. The van der Waals surface area contributed by atoms with E-state index in [1.165, 1.54) is 7.05 Å². The van der Waals surface area contributed by atoms with Gasteiger partial charge in [-0.1, -0.05) is 17.3 Å². The Hall–Kier alpha value is -2.85. The summed E-state index contributed by atoms with van der Waals surface area (Å²) in [6.07, 6.45) is 0.145. The second kappa shape index (κ2) is 8.66. The number of ether oxygens (including phenoxy) is 1. The first-order chi connectivity index (χ1) is 13.8. The quantitative estimate of drug-likeness (QED) is 0.554. The van der Waals surface area contributed by atoms with Gasteiger partial charge in [0.25, 0.3) is 5.89 Å². The Balaban J connectivity index is 1.58. The van der Waals surface area contributed by atoms with Crippen molar-refractivity contribution < 1.29 is 26.5 Å². The van der Waals surface area contributed by atoms with E-state index in [1.807, 2.05) is 25.1 Å². The lowest BCUT2D eigenvalue weighted by molar-refractivity contribution is 0.242. The van der Waals surface area contributed by atoms with E-state index >= 15 is 0 Å². The van der Waals surface area contributed by atoms with Crippen molar-refractivity contribution in [1.82, 2.24) is 14.4 Å². The van der Waals surface area contributed by atoms with Gasteiger partial charge in [0, 0.05) is 26.1 Å². The van der Waals surface area contributed by atoms with Gasteiger partial charge in [-0.05, 0) is 36.8 Å². The summed E-state index contributed by atoms with van der Waals surface area (Å²) < 4.78 is 63.4. The average molecular weight is 423 g/mol. The van der Waals surface area contributed by atoms with Crippen LogP contribution in [-0.2, 0) is 23.1 Å². The molecule has 1 heterocycles. The van der Waals surface area contributed by atoms with Crippen LogP contribution in [-0.4, -0.2) is 36.5 Å². The highest BCUT2D eigenvalue weighted by Crippen LogP contribution is 2.19. The topological polar surface area (TPSA) is 85.5 Å². The highest BCUT2D eigenvalue weighted by atomic mass is 32.2. The second-order valence-corrected chi connectivity index (χ2v) is 8.37. The summed E-state index contributed by atoms with van der Waals surface area (Å²) in [6, 6.07) is 9.80. The van der Waals surface area contributed by atoms with E-state index in [4.69, 9.17) is 9.26 Å². The molecule has 0 N–H and O–H groups in total. The lowest BCUT2D eigenvalue weighted by Gasteiger charge is -2.16. The fraction of sp³-hybridized carbons (Fsp3) is 0.263. The third-order valence-electron chi connectivity index (χ3n) is 4.09. The Kier molecular flexibility index (Phi) is 6.23. The lowest BCUT2D eigenvalue weighted by atomic mass is 10.2. The Bertz CT molecular complexity index is 1100. The highest BCUT2D eigenvalue weighted by Gasteiger charge is 2.25. The van der Waals surface area contributed by atoms with Crippen LogP contribution in [0.5, 0.6) is 5.75 Å². The summed E-state index contributed by atoms with van der Waals surface area (Å²) >= 11 is 0. The maximum absolute atomic E-state index is 13.8. The van der Waals surface area contributed by atoms with Gasteiger partial charge < -0.3 is 9.26 Å². The third kappa shape index (κ3) is 5.15. The standard InChI is InChI=1S/C19H19F2N3O4S/c1-13-4-3-5-15(10-13)27-12-19-22-18(23-28-19)8-9-24(2)29(25,26)17-7-6-14(20)11-16(17)21/h3-7,10-11H,8-9,12H2,1-2H3. The molecule has 0 fully saturated rings. The van der Waals surface area contributed by atoms with Crippen LogP contribution in [0.3, 0.4) is 0 Å². The van der Waals surface area contributed by atoms with Crippen LogP contribution in [0.4, 0.5) is 8.78 Å². The third-order valence-corrected chi connectivity index (χ3v) is 5.98. The summed E-state index contributed by atoms with van der Waals surface area (Å²) in [4.78, 5) is 3.56. The fourth-order valence-corrected chi connectivity index (χ4v) is 3.74. The number of likely N-dealkylation sites (N-methyl/N-ethyl adjacent to an activating group) is 1. The monoisotopic (exact) mass is 423 g/mol. The highest BCUT2D eigenvalue weighted by molar-refractivity contribution is 7.89. The van der Waals surface area contributed by atoms with E-state index in [2.05, 4.69) is 10.1 Å². The molecule has 0 radical (unpaired) electrons. The normalized spacial score (nSPS) is 11.8.